The largest absolute Gasteiger partial charge is 0.378 e. The average molecular weight is 366 g/mol. The maximum Gasteiger partial charge on any atom is 0.280 e. The van der Waals surface area contributed by atoms with E-state index in [0.29, 0.717) is 25.1 Å². The number of anilines is 1. The first-order valence-corrected chi connectivity index (χ1v) is 9.89. The van der Waals surface area contributed by atoms with Gasteiger partial charge in [0.15, 0.2) is 0 Å². The van der Waals surface area contributed by atoms with E-state index < -0.39 is 22.1 Å². The smallest absolute Gasteiger partial charge is 0.280 e. The first-order chi connectivity index (χ1) is 11.8. The summed E-state index contributed by atoms with van der Waals surface area (Å²) in [7, 11) is 0.185. The Morgan fingerprint density at radius 3 is 2.80 bits per heavy atom. The van der Waals surface area contributed by atoms with Crippen LogP contribution >= 0.6 is 0 Å². The van der Waals surface area contributed by atoms with Crippen molar-refractivity contribution in [3.05, 3.63) is 29.8 Å². The molecule has 2 atom stereocenters. The van der Waals surface area contributed by atoms with Gasteiger partial charge in [-0.15, -0.1) is 0 Å². The minimum atomic E-state index is -3.69. The Balaban J connectivity index is 2.02. The molecule has 0 radical (unpaired) electrons. The first kappa shape index (κ1) is 17.8. The number of hydrogen-bond acceptors (Lipinski definition) is 7. The second-order valence-corrected chi connectivity index (χ2v) is 8.09. The average Bonchev–Trinajstić information content (AvgIpc) is 2.54. The van der Waals surface area contributed by atoms with Crippen molar-refractivity contribution in [3.63, 3.8) is 0 Å². The number of amides is 1. The lowest BCUT2D eigenvalue weighted by molar-refractivity contribution is -0.142. The predicted molar refractivity (Wildman–Crippen MR) is 94.6 cm³/mol. The summed E-state index contributed by atoms with van der Waals surface area (Å²) < 4.78 is 28.4. The summed E-state index contributed by atoms with van der Waals surface area (Å²) in [4.78, 5) is 14.2. The molecular weight excluding hydrogens is 344 g/mol. The molecule has 2 unspecified atom stereocenters. The van der Waals surface area contributed by atoms with Crippen LogP contribution in [0.5, 0.6) is 0 Å². The molecule has 25 heavy (non-hydrogen) atoms. The quantitative estimate of drug-likeness (QED) is 0.837. The molecule has 8 nitrogen and oxygen atoms in total. The number of benzene rings is 1. The van der Waals surface area contributed by atoms with Gasteiger partial charge in [-0.25, -0.2) is 5.43 Å². The van der Waals surface area contributed by atoms with Crippen molar-refractivity contribution in [1.29, 1.82) is 0 Å². The van der Waals surface area contributed by atoms with Gasteiger partial charge in [0.25, 0.3) is 10.1 Å². The molecule has 1 amide bonds. The van der Waals surface area contributed by atoms with Crippen LogP contribution in [0.3, 0.4) is 0 Å². The molecule has 1 N–H and O–H groups in total. The minimum absolute atomic E-state index is 0.209. The van der Waals surface area contributed by atoms with Gasteiger partial charge in [-0.2, -0.15) is 22.9 Å². The van der Waals surface area contributed by atoms with Crippen LogP contribution in [-0.4, -0.2) is 58.0 Å². The third-order valence-corrected chi connectivity index (χ3v) is 4.84. The molecule has 2 aliphatic heterocycles. The highest BCUT2D eigenvalue weighted by molar-refractivity contribution is 7.85. The number of hydroxylamine groups is 2. The zero-order valence-electron chi connectivity index (χ0n) is 14.5. The van der Waals surface area contributed by atoms with E-state index >= 15 is 0 Å². The Morgan fingerprint density at radius 1 is 1.36 bits per heavy atom. The van der Waals surface area contributed by atoms with Gasteiger partial charge in [0.05, 0.1) is 23.9 Å². The number of nitrogens with zero attached hydrogens (tertiary/aromatic N) is 3. The molecule has 0 bridgehead atoms. The van der Waals surface area contributed by atoms with Gasteiger partial charge in [-0.1, -0.05) is 12.1 Å². The van der Waals surface area contributed by atoms with E-state index in [1.165, 1.54) is 5.06 Å². The summed E-state index contributed by atoms with van der Waals surface area (Å²) in [5, 5.41) is 5.61. The van der Waals surface area contributed by atoms with E-state index in [-0.39, 0.29) is 5.91 Å². The molecule has 0 aromatic heterocycles. The van der Waals surface area contributed by atoms with Crippen LogP contribution in [0.25, 0.3) is 0 Å². The molecule has 0 saturated carbocycles. The molecule has 1 aromatic carbocycles. The fourth-order valence-electron chi connectivity index (χ4n) is 3.27. The molecule has 2 heterocycles. The number of piperidine rings is 1. The van der Waals surface area contributed by atoms with Crippen LogP contribution in [0.2, 0.25) is 0 Å². The Hall–Kier alpha value is -1.97. The van der Waals surface area contributed by atoms with Gasteiger partial charge in [-0.3, -0.25) is 4.79 Å². The van der Waals surface area contributed by atoms with Crippen molar-refractivity contribution < 1.29 is 17.5 Å². The Bertz CT molecular complexity index is 806. The van der Waals surface area contributed by atoms with Gasteiger partial charge < -0.3 is 4.90 Å². The van der Waals surface area contributed by atoms with Crippen LogP contribution in [0.15, 0.2) is 29.4 Å². The monoisotopic (exact) mass is 366 g/mol. The lowest BCUT2D eigenvalue weighted by Gasteiger charge is -2.40. The van der Waals surface area contributed by atoms with Crippen LogP contribution in [0.4, 0.5) is 5.69 Å². The Labute approximate surface area is 147 Å². The minimum Gasteiger partial charge on any atom is -0.378 e. The number of rotatable bonds is 4. The zero-order chi connectivity index (χ0) is 18.2. The summed E-state index contributed by atoms with van der Waals surface area (Å²) in [6.07, 6.45) is 2.34. The van der Waals surface area contributed by atoms with Gasteiger partial charge in [-0.05, 0) is 25.0 Å². The normalized spacial score (nSPS) is 24.3. The van der Waals surface area contributed by atoms with E-state index in [1.807, 2.05) is 43.3 Å². The molecule has 3 rings (SSSR count). The van der Waals surface area contributed by atoms with Crippen molar-refractivity contribution in [3.8, 4) is 0 Å². The highest BCUT2D eigenvalue weighted by atomic mass is 32.2. The third kappa shape index (κ3) is 3.83. The van der Waals surface area contributed by atoms with Crippen molar-refractivity contribution in [2.75, 3.05) is 31.8 Å². The van der Waals surface area contributed by atoms with E-state index in [9.17, 15) is 13.2 Å². The number of carbonyl (C=O) groups excluding carboxylic acids is 1. The fourth-order valence-corrected chi connectivity index (χ4v) is 3.78. The lowest BCUT2D eigenvalue weighted by Crippen LogP contribution is -2.57. The number of nitrogens with one attached hydrogen (secondary N) is 1. The molecule has 2 aliphatic rings. The van der Waals surface area contributed by atoms with Crippen LogP contribution in [-0.2, 0) is 19.2 Å². The Morgan fingerprint density at radius 2 is 2.12 bits per heavy atom. The fraction of sp³-hybridized carbons (Fsp3) is 0.500. The Kier molecular flexibility index (Phi) is 4.81. The molecule has 136 valence electrons. The summed E-state index contributed by atoms with van der Waals surface area (Å²) in [6.45, 7) is 0.425. The number of hydrogen-bond donors (Lipinski definition) is 1. The molecule has 9 heteroatoms. The maximum absolute atomic E-state index is 12.2. The number of carbonyl (C=O) groups is 1. The van der Waals surface area contributed by atoms with Gasteiger partial charge in [0, 0.05) is 31.9 Å². The number of hydrazone groups is 1. The molecule has 1 fully saturated rings. The van der Waals surface area contributed by atoms with E-state index in [4.69, 9.17) is 4.28 Å². The topological polar surface area (TPSA) is 91.3 Å². The highest BCUT2D eigenvalue weighted by Crippen LogP contribution is 2.31. The van der Waals surface area contributed by atoms with Crippen molar-refractivity contribution >= 4 is 27.4 Å². The predicted octanol–water partition coefficient (Wildman–Crippen LogP) is 0.558. The van der Waals surface area contributed by atoms with Crippen molar-refractivity contribution in [2.24, 2.45) is 11.0 Å². The summed E-state index contributed by atoms with van der Waals surface area (Å²) in [5.74, 6) is -0.606. The second-order valence-electron chi connectivity index (χ2n) is 6.53. The zero-order valence-corrected chi connectivity index (χ0v) is 15.3. The molecular formula is C16H22N4O4S. The first-order valence-electron chi connectivity index (χ1n) is 8.07. The standard InChI is InChI=1S/C16H22N4O4S/c1-19(2)12-7-4-6-11(10-12)14-15-13(16(21)18-17-14)8-5-9-20(15)24-25(3,22)23/h4,6-7,10,13,15H,5,8-9H2,1-3H3,(H,18,21). The summed E-state index contributed by atoms with van der Waals surface area (Å²) in [6, 6.07) is 7.20. The van der Waals surface area contributed by atoms with Gasteiger partial charge >= 0.3 is 0 Å². The number of fused-ring (bicyclic) bond motifs is 1. The van der Waals surface area contributed by atoms with E-state index in [1.54, 1.807) is 0 Å². The van der Waals surface area contributed by atoms with Crippen LogP contribution in [0.1, 0.15) is 18.4 Å². The molecule has 0 spiro atoms. The van der Waals surface area contributed by atoms with Crippen LogP contribution < -0.4 is 10.3 Å². The van der Waals surface area contributed by atoms with Crippen molar-refractivity contribution in [1.82, 2.24) is 10.5 Å². The highest BCUT2D eigenvalue weighted by Gasteiger charge is 2.44. The van der Waals surface area contributed by atoms with Gasteiger partial charge in [0.2, 0.25) is 5.91 Å². The SMILES string of the molecule is CN(C)c1cccc(C2=NNC(=O)C3CCCN(OS(C)(=O)=O)C23)c1. The molecule has 1 saturated heterocycles. The van der Waals surface area contributed by atoms with Crippen LogP contribution in [0, 0.1) is 5.92 Å². The van der Waals surface area contributed by atoms with Crippen molar-refractivity contribution in [2.45, 2.75) is 18.9 Å². The lowest BCUT2D eigenvalue weighted by atomic mass is 9.83. The maximum atomic E-state index is 12.2. The van der Waals surface area contributed by atoms with Gasteiger partial charge in [0.1, 0.15) is 0 Å². The molecule has 1 aromatic rings. The summed E-state index contributed by atoms with van der Waals surface area (Å²) in [5.41, 5.74) is 4.98. The third-order valence-electron chi connectivity index (χ3n) is 4.38. The second kappa shape index (κ2) is 6.74. The van der Waals surface area contributed by atoms with E-state index in [2.05, 4.69) is 10.5 Å². The molecule has 0 aliphatic carbocycles. The van der Waals surface area contributed by atoms with E-state index in [0.717, 1.165) is 17.5 Å². The summed E-state index contributed by atoms with van der Waals surface area (Å²) >= 11 is 0.